The number of piperidine rings is 1. The molecule has 0 spiro atoms. The number of carbonyl (C=O) groups is 1. The molecule has 1 atom stereocenters. The lowest BCUT2D eigenvalue weighted by Crippen LogP contribution is -2.49. The van der Waals surface area contributed by atoms with Gasteiger partial charge in [0.1, 0.15) is 16.8 Å². The third-order valence-electron chi connectivity index (χ3n) is 6.38. The molecular formula is C23H24FN3O3S2. The van der Waals surface area contributed by atoms with Crippen LogP contribution in [0.2, 0.25) is 0 Å². The van der Waals surface area contributed by atoms with E-state index in [9.17, 15) is 17.6 Å². The number of sulfonamides is 1. The third-order valence-corrected chi connectivity index (χ3v) is 9.52. The Kier molecular flexibility index (Phi) is 5.73. The van der Waals surface area contributed by atoms with E-state index in [-0.39, 0.29) is 17.3 Å². The van der Waals surface area contributed by atoms with Crippen LogP contribution >= 0.6 is 11.3 Å². The van der Waals surface area contributed by atoms with Crippen LogP contribution in [0.1, 0.15) is 36.6 Å². The number of halogens is 1. The van der Waals surface area contributed by atoms with E-state index < -0.39 is 21.9 Å². The van der Waals surface area contributed by atoms with Crippen LogP contribution in [-0.4, -0.2) is 54.2 Å². The summed E-state index contributed by atoms with van der Waals surface area (Å²) >= 11 is 1.70. The standard InChI is InChI=1S/C23H24FN3O3S2/c24-17-6-1-4-10-21(17)32(29,30)27-13-5-8-19(27)23(28)26-14-11-16(12-15-26)22-25-18-7-2-3-9-20(18)31-22/h1-4,6-7,9-10,16,19H,5,8,11-15H2. The number of likely N-dealkylation sites (tertiary alicyclic amines) is 1. The first-order chi connectivity index (χ1) is 15.4. The Labute approximate surface area is 190 Å². The summed E-state index contributed by atoms with van der Waals surface area (Å²) in [5, 5.41) is 1.10. The highest BCUT2D eigenvalue weighted by Crippen LogP contribution is 2.35. The highest BCUT2D eigenvalue weighted by Gasteiger charge is 2.42. The summed E-state index contributed by atoms with van der Waals surface area (Å²) in [7, 11) is -4.07. The molecule has 3 aromatic rings. The van der Waals surface area contributed by atoms with Gasteiger partial charge >= 0.3 is 0 Å². The van der Waals surface area contributed by atoms with Crippen molar-refractivity contribution in [3.05, 3.63) is 59.4 Å². The molecule has 2 aliphatic heterocycles. The molecule has 1 aromatic heterocycles. The van der Waals surface area contributed by atoms with Gasteiger partial charge in [-0.15, -0.1) is 11.3 Å². The second-order valence-corrected chi connectivity index (χ2v) is 11.2. The lowest BCUT2D eigenvalue weighted by Gasteiger charge is -2.34. The second-order valence-electron chi connectivity index (χ2n) is 8.32. The van der Waals surface area contributed by atoms with Crippen molar-refractivity contribution in [3.63, 3.8) is 0 Å². The largest absolute Gasteiger partial charge is 0.341 e. The molecule has 0 radical (unpaired) electrons. The first-order valence-corrected chi connectivity index (χ1v) is 13.1. The smallest absolute Gasteiger partial charge is 0.246 e. The fourth-order valence-corrected chi connectivity index (χ4v) is 7.53. The maximum Gasteiger partial charge on any atom is 0.246 e. The van der Waals surface area contributed by atoms with Gasteiger partial charge in [-0.05, 0) is 49.9 Å². The average Bonchev–Trinajstić information content (AvgIpc) is 3.47. The van der Waals surface area contributed by atoms with Gasteiger partial charge in [0.25, 0.3) is 0 Å². The molecule has 2 aromatic carbocycles. The number of aromatic nitrogens is 1. The Bertz CT molecular complexity index is 1220. The quantitative estimate of drug-likeness (QED) is 0.574. The summed E-state index contributed by atoms with van der Waals surface area (Å²) in [4.78, 5) is 19.4. The van der Waals surface area contributed by atoms with Crippen molar-refractivity contribution in [1.29, 1.82) is 0 Å². The minimum atomic E-state index is -4.07. The molecule has 168 valence electrons. The summed E-state index contributed by atoms with van der Waals surface area (Å²) in [6, 6.07) is 12.6. The summed E-state index contributed by atoms with van der Waals surface area (Å²) in [6.45, 7) is 1.38. The second kappa shape index (κ2) is 8.53. The topological polar surface area (TPSA) is 70.6 Å². The minimum Gasteiger partial charge on any atom is -0.341 e. The maximum absolute atomic E-state index is 14.2. The van der Waals surface area contributed by atoms with Gasteiger partial charge in [-0.1, -0.05) is 24.3 Å². The molecule has 2 fully saturated rings. The molecule has 0 bridgehead atoms. The Morgan fingerprint density at radius 2 is 1.72 bits per heavy atom. The fraction of sp³-hybridized carbons (Fsp3) is 0.391. The highest BCUT2D eigenvalue weighted by molar-refractivity contribution is 7.89. The molecule has 0 aliphatic carbocycles. The molecule has 5 rings (SSSR count). The van der Waals surface area contributed by atoms with E-state index in [0.29, 0.717) is 31.8 Å². The normalized spacial score (nSPS) is 20.8. The van der Waals surface area contributed by atoms with Crippen molar-refractivity contribution in [2.75, 3.05) is 19.6 Å². The van der Waals surface area contributed by atoms with Crippen LogP contribution in [0.15, 0.2) is 53.4 Å². The zero-order valence-electron chi connectivity index (χ0n) is 17.5. The predicted octanol–water partition coefficient (Wildman–Crippen LogP) is 3.99. The van der Waals surface area contributed by atoms with Crippen LogP contribution in [0.3, 0.4) is 0 Å². The Morgan fingerprint density at radius 3 is 2.47 bits per heavy atom. The van der Waals surface area contributed by atoms with Crippen LogP contribution in [-0.2, 0) is 14.8 Å². The van der Waals surface area contributed by atoms with E-state index in [1.807, 2.05) is 18.2 Å². The van der Waals surface area contributed by atoms with Gasteiger partial charge < -0.3 is 4.90 Å². The summed E-state index contributed by atoms with van der Waals surface area (Å²) in [5.74, 6) is -0.661. The number of hydrogen-bond acceptors (Lipinski definition) is 5. The van der Waals surface area contributed by atoms with E-state index in [1.165, 1.54) is 27.2 Å². The fourth-order valence-electron chi connectivity index (χ4n) is 4.68. The van der Waals surface area contributed by atoms with Gasteiger partial charge in [0.05, 0.1) is 15.2 Å². The molecule has 1 amide bonds. The number of nitrogens with zero attached hydrogens (tertiary/aromatic N) is 3. The zero-order chi connectivity index (χ0) is 22.3. The van der Waals surface area contributed by atoms with Crippen LogP contribution in [0.5, 0.6) is 0 Å². The summed E-state index contributed by atoms with van der Waals surface area (Å²) in [5.41, 5.74) is 1.01. The summed E-state index contributed by atoms with van der Waals surface area (Å²) in [6.07, 6.45) is 2.66. The van der Waals surface area contributed by atoms with Crippen molar-refractivity contribution < 1.29 is 17.6 Å². The zero-order valence-corrected chi connectivity index (χ0v) is 19.1. The molecule has 9 heteroatoms. The average molecular weight is 474 g/mol. The van der Waals surface area contributed by atoms with E-state index in [2.05, 4.69) is 6.07 Å². The predicted molar refractivity (Wildman–Crippen MR) is 121 cm³/mol. The van der Waals surface area contributed by atoms with E-state index >= 15 is 0 Å². The molecule has 2 aliphatic rings. The molecule has 1 unspecified atom stereocenters. The van der Waals surface area contributed by atoms with E-state index in [4.69, 9.17) is 4.98 Å². The molecule has 0 N–H and O–H groups in total. The van der Waals surface area contributed by atoms with Crippen molar-refractivity contribution in [1.82, 2.24) is 14.2 Å². The third kappa shape index (κ3) is 3.82. The lowest BCUT2D eigenvalue weighted by molar-refractivity contribution is -0.135. The van der Waals surface area contributed by atoms with Gasteiger partial charge in [-0.2, -0.15) is 4.31 Å². The van der Waals surface area contributed by atoms with Crippen LogP contribution < -0.4 is 0 Å². The Hall–Kier alpha value is -2.36. The van der Waals surface area contributed by atoms with Gasteiger partial charge in [0, 0.05) is 25.6 Å². The number of carbonyl (C=O) groups excluding carboxylic acids is 1. The Balaban J connectivity index is 1.29. The number of amides is 1. The minimum absolute atomic E-state index is 0.176. The molecule has 2 saturated heterocycles. The SMILES string of the molecule is O=C(C1CCCN1S(=O)(=O)c1ccccc1F)N1CCC(c2nc3ccccc3s2)CC1. The van der Waals surface area contributed by atoms with Crippen LogP contribution in [0.25, 0.3) is 10.2 Å². The van der Waals surface area contributed by atoms with Crippen molar-refractivity contribution in [2.24, 2.45) is 0 Å². The van der Waals surface area contributed by atoms with Gasteiger partial charge in [0.2, 0.25) is 15.9 Å². The van der Waals surface area contributed by atoms with E-state index in [1.54, 1.807) is 16.2 Å². The van der Waals surface area contributed by atoms with Crippen LogP contribution in [0, 0.1) is 5.82 Å². The number of hydrogen-bond donors (Lipinski definition) is 0. The number of para-hydroxylation sites is 1. The first-order valence-electron chi connectivity index (χ1n) is 10.9. The Morgan fingerprint density at radius 1 is 1.00 bits per heavy atom. The molecule has 32 heavy (non-hydrogen) atoms. The van der Waals surface area contributed by atoms with Gasteiger partial charge in [0.15, 0.2) is 0 Å². The van der Waals surface area contributed by atoms with Crippen LogP contribution in [0.4, 0.5) is 4.39 Å². The van der Waals surface area contributed by atoms with Crippen molar-refractivity contribution >= 4 is 37.5 Å². The molecule has 0 saturated carbocycles. The van der Waals surface area contributed by atoms with Crippen molar-refractivity contribution in [2.45, 2.75) is 42.5 Å². The van der Waals surface area contributed by atoms with Crippen molar-refractivity contribution in [3.8, 4) is 0 Å². The number of benzene rings is 2. The number of thiazole rings is 1. The maximum atomic E-state index is 14.2. The monoisotopic (exact) mass is 473 g/mol. The van der Waals surface area contributed by atoms with Gasteiger partial charge in [-0.25, -0.2) is 17.8 Å². The molecule has 3 heterocycles. The first kappa shape index (κ1) is 21.5. The lowest BCUT2D eigenvalue weighted by atomic mass is 9.97. The van der Waals surface area contributed by atoms with E-state index in [0.717, 1.165) is 29.4 Å². The number of fused-ring (bicyclic) bond motifs is 1. The highest BCUT2D eigenvalue weighted by atomic mass is 32.2. The summed E-state index contributed by atoms with van der Waals surface area (Å²) < 4.78 is 42.7. The van der Waals surface area contributed by atoms with Gasteiger partial charge in [-0.3, -0.25) is 4.79 Å². The molecular weight excluding hydrogens is 449 g/mol. The molecule has 6 nitrogen and oxygen atoms in total. The number of rotatable bonds is 4.